The van der Waals surface area contributed by atoms with Crippen LogP contribution >= 0.6 is 0 Å². The second-order valence-corrected chi connectivity index (χ2v) is 15.6. The molecule has 1 aromatic heterocycles. The first kappa shape index (κ1) is 33.5. The van der Waals surface area contributed by atoms with E-state index in [1.807, 2.05) is 12.1 Å². The second-order valence-electron chi connectivity index (χ2n) is 15.6. The largest absolute Gasteiger partial charge is 0.228 e. The molecule has 0 amide bonds. The molecule has 0 fully saturated rings. The van der Waals surface area contributed by atoms with Crippen LogP contribution in [0.2, 0.25) is 0 Å². The monoisotopic (exact) mass is 748 g/mol. The van der Waals surface area contributed by atoms with E-state index >= 15 is 0 Å². The van der Waals surface area contributed by atoms with Crippen LogP contribution in [-0.4, -0.2) is 9.97 Å². The van der Waals surface area contributed by atoms with Crippen molar-refractivity contribution in [2.75, 3.05) is 0 Å². The van der Waals surface area contributed by atoms with Crippen molar-refractivity contribution in [3.8, 4) is 78.4 Å². The zero-order valence-electron chi connectivity index (χ0n) is 32.2. The van der Waals surface area contributed by atoms with Gasteiger partial charge in [-0.05, 0) is 102 Å². The van der Waals surface area contributed by atoms with Crippen molar-refractivity contribution >= 4 is 10.8 Å². The van der Waals surface area contributed by atoms with Crippen LogP contribution in [-0.2, 0) is 5.41 Å². The average Bonchev–Trinajstić information content (AvgIpc) is 3.80. The van der Waals surface area contributed by atoms with Gasteiger partial charge in [0.2, 0.25) is 0 Å². The molecule has 1 spiro atoms. The summed E-state index contributed by atoms with van der Waals surface area (Å²) in [6, 6.07) is 79.2. The number of rotatable bonds is 5. The summed E-state index contributed by atoms with van der Waals surface area (Å²) in [6.45, 7) is 0. The van der Waals surface area contributed by atoms with Crippen LogP contribution in [0.15, 0.2) is 218 Å². The van der Waals surface area contributed by atoms with Crippen molar-refractivity contribution in [2.24, 2.45) is 0 Å². The molecule has 274 valence electrons. The molecule has 0 saturated carbocycles. The smallest absolute Gasteiger partial charge is 0.160 e. The second kappa shape index (κ2) is 13.2. The van der Waals surface area contributed by atoms with Gasteiger partial charge in [-0.1, -0.05) is 194 Å². The highest BCUT2D eigenvalue weighted by Gasteiger charge is 2.52. The van der Waals surface area contributed by atoms with Crippen LogP contribution in [0.3, 0.4) is 0 Å². The minimum absolute atomic E-state index is 0.437. The molecular formula is C57H36N2. The Hall–Kier alpha value is -7.68. The van der Waals surface area contributed by atoms with Gasteiger partial charge in [0.1, 0.15) is 0 Å². The molecule has 0 saturated heterocycles. The molecule has 9 aromatic carbocycles. The fourth-order valence-corrected chi connectivity index (χ4v) is 10.00. The Morgan fingerprint density at radius 3 is 1.39 bits per heavy atom. The van der Waals surface area contributed by atoms with Crippen LogP contribution in [0.5, 0.6) is 0 Å². The third kappa shape index (κ3) is 5.06. The van der Waals surface area contributed by atoms with Crippen LogP contribution in [0, 0.1) is 0 Å². The Morgan fingerprint density at radius 1 is 0.305 bits per heavy atom. The van der Waals surface area contributed by atoms with Crippen LogP contribution in [0.4, 0.5) is 0 Å². The lowest BCUT2D eigenvalue weighted by molar-refractivity contribution is 0.801. The van der Waals surface area contributed by atoms with Gasteiger partial charge in [0.15, 0.2) is 5.82 Å². The lowest BCUT2D eigenvalue weighted by atomic mass is 9.69. The molecule has 0 atom stereocenters. The Balaban J connectivity index is 1.05. The number of benzene rings is 9. The zero-order valence-corrected chi connectivity index (χ0v) is 32.2. The molecule has 0 radical (unpaired) electrons. The maximum atomic E-state index is 5.14. The van der Waals surface area contributed by atoms with Gasteiger partial charge in [-0.15, -0.1) is 0 Å². The predicted molar refractivity (Wildman–Crippen MR) is 243 cm³/mol. The van der Waals surface area contributed by atoms with Gasteiger partial charge in [-0.25, -0.2) is 9.97 Å². The average molecular weight is 749 g/mol. The van der Waals surface area contributed by atoms with Crippen molar-refractivity contribution < 1.29 is 0 Å². The molecule has 2 heteroatoms. The number of fused-ring (bicyclic) bond motifs is 12. The lowest BCUT2D eigenvalue weighted by Crippen LogP contribution is -2.26. The van der Waals surface area contributed by atoms with E-state index in [0.717, 1.165) is 39.2 Å². The van der Waals surface area contributed by atoms with Crippen molar-refractivity contribution in [1.82, 2.24) is 9.97 Å². The van der Waals surface area contributed by atoms with Crippen molar-refractivity contribution in [3.63, 3.8) is 0 Å². The van der Waals surface area contributed by atoms with Crippen LogP contribution in [0.1, 0.15) is 22.3 Å². The molecule has 2 nitrogen and oxygen atoms in total. The lowest BCUT2D eigenvalue weighted by Gasteiger charge is -2.31. The maximum Gasteiger partial charge on any atom is 0.160 e. The standard InChI is InChI=1S/C57H36N2/c1-3-17-37(18-4-1)52-36-53(38-19-5-2-6-20-38)59-56(58-52)43-25-16-23-40(34-43)39-22-15-24-41(33-39)48-35-42-21-7-8-26-44(42)55-54(48)47-29-11-14-32-51(47)57(55)49-30-12-9-27-45(49)46-28-10-13-31-50(46)57/h1-36H. The molecule has 59 heavy (non-hydrogen) atoms. The van der Waals surface area contributed by atoms with E-state index in [2.05, 4.69) is 206 Å². The minimum Gasteiger partial charge on any atom is -0.228 e. The topological polar surface area (TPSA) is 25.8 Å². The molecule has 0 bridgehead atoms. The molecule has 0 unspecified atom stereocenters. The van der Waals surface area contributed by atoms with E-state index in [9.17, 15) is 0 Å². The Kier molecular flexibility index (Phi) is 7.48. The van der Waals surface area contributed by atoms with Gasteiger partial charge in [0.05, 0.1) is 16.8 Å². The Morgan fingerprint density at radius 2 is 0.763 bits per heavy atom. The first-order valence-corrected chi connectivity index (χ1v) is 20.3. The van der Waals surface area contributed by atoms with Crippen molar-refractivity contribution in [2.45, 2.75) is 5.41 Å². The van der Waals surface area contributed by atoms with Gasteiger partial charge < -0.3 is 0 Å². The van der Waals surface area contributed by atoms with E-state index < -0.39 is 5.41 Å². The number of nitrogens with zero attached hydrogens (tertiary/aromatic N) is 2. The number of hydrogen-bond donors (Lipinski definition) is 0. The van der Waals surface area contributed by atoms with Gasteiger partial charge in [0, 0.05) is 16.7 Å². The first-order valence-electron chi connectivity index (χ1n) is 20.3. The molecule has 0 N–H and O–H groups in total. The Labute approximate surface area is 343 Å². The van der Waals surface area contributed by atoms with Crippen molar-refractivity contribution in [3.05, 3.63) is 241 Å². The molecule has 2 aliphatic carbocycles. The minimum atomic E-state index is -0.437. The van der Waals surface area contributed by atoms with Gasteiger partial charge in [0.25, 0.3) is 0 Å². The highest BCUT2D eigenvalue weighted by molar-refractivity contribution is 6.09. The summed E-state index contributed by atoms with van der Waals surface area (Å²) in [6.07, 6.45) is 0. The van der Waals surface area contributed by atoms with Gasteiger partial charge >= 0.3 is 0 Å². The van der Waals surface area contributed by atoms with Gasteiger partial charge in [-0.3, -0.25) is 0 Å². The summed E-state index contributed by atoms with van der Waals surface area (Å²) >= 11 is 0. The third-order valence-electron chi connectivity index (χ3n) is 12.5. The van der Waals surface area contributed by atoms with E-state index in [4.69, 9.17) is 9.97 Å². The molecular weight excluding hydrogens is 713 g/mol. The van der Waals surface area contributed by atoms with Crippen LogP contribution in [0.25, 0.3) is 89.2 Å². The third-order valence-corrected chi connectivity index (χ3v) is 12.5. The quantitative estimate of drug-likeness (QED) is 0.175. The van der Waals surface area contributed by atoms with Gasteiger partial charge in [-0.2, -0.15) is 0 Å². The SMILES string of the molecule is c1ccc(-c2cc(-c3ccccc3)nc(-c3cccc(-c4cccc(-c5cc6ccccc6c6c5-c5ccccc5C65c6ccccc6-c6ccccc65)c4)c3)n2)cc1. The summed E-state index contributed by atoms with van der Waals surface area (Å²) in [4.78, 5) is 10.3. The fourth-order valence-electron chi connectivity index (χ4n) is 10.00. The highest BCUT2D eigenvalue weighted by Crippen LogP contribution is 2.65. The molecule has 1 heterocycles. The Bertz CT molecular complexity index is 3170. The maximum absolute atomic E-state index is 5.14. The number of hydrogen-bond acceptors (Lipinski definition) is 2. The zero-order chi connectivity index (χ0) is 38.9. The normalized spacial score (nSPS) is 12.9. The molecule has 2 aliphatic rings. The first-order chi connectivity index (χ1) is 29.3. The summed E-state index contributed by atoms with van der Waals surface area (Å²) in [5, 5.41) is 2.54. The molecule has 12 rings (SSSR count). The molecule has 0 aliphatic heterocycles. The summed E-state index contributed by atoms with van der Waals surface area (Å²) in [7, 11) is 0. The van der Waals surface area contributed by atoms with E-state index in [1.165, 1.54) is 66.4 Å². The summed E-state index contributed by atoms with van der Waals surface area (Å²) < 4.78 is 0. The fraction of sp³-hybridized carbons (Fsp3) is 0.0175. The van der Waals surface area contributed by atoms with E-state index in [1.54, 1.807) is 0 Å². The van der Waals surface area contributed by atoms with Crippen molar-refractivity contribution in [1.29, 1.82) is 0 Å². The van der Waals surface area contributed by atoms with Crippen LogP contribution < -0.4 is 0 Å². The van der Waals surface area contributed by atoms with E-state index in [-0.39, 0.29) is 0 Å². The summed E-state index contributed by atoms with van der Waals surface area (Å²) in [5.74, 6) is 0.703. The number of aromatic nitrogens is 2. The highest BCUT2D eigenvalue weighted by atomic mass is 14.9. The summed E-state index contributed by atoms with van der Waals surface area (Å²) in [5.41, 5.74) is 19.8. The molecule has 10 aromatic rings. The van der Waals surface area contributed by atoms with E-state index in [0.29, 0.717) is 5.82 Å². The predicted octanol–water partition coefficient (Wildman–Crippen LogP) is 14.3.